The van der Waals surface area contributed by atoms with Gasteiger partial charge in [0.05, 0.1) is 12.2 Å². The number of nitrogens with zero attached hydrogens (tertiary/aromatic N) is 2. The summed E-state index contributed by atoms with van der Waals surface area (Å²) < 4.78 is 0. The fraction of sp³-hybridized carbons (Fsp3) is 0.333. The van der Waals surface area contributed by atoms with Crippen LogP contribution in [0.3, 0.4) is 0 Å². The number of carbonyl (C=O) groups excluding carboxylic acids is 1. The van der Waals surface area contributed by atoms with Crippen LogP contribution in [-0.4, -0.2) is 29.4 Å². The Bertz CT molecular complexity index is 969. The molecule has 0 atom stereocenters. The number of carbonyl (C=O) groups is 1. The number of aromatic nitrogens is 1. The Morgan fingerprint density at radius 1 is 1.10 bits per heavy atom. The molecule has 29 heavy (non-hydrogen) atoms. The van der Waals surface area contributed by atoms with Gasteiger partial charge in [-0.25, -0.2) is 4.98 Å². The number of hydrogen-bond donors (Lipinski definition) is 1. The maximum Gasteiger partial charge on any atom is 0.238 e. The summed E-state index contributed by atoms with van der Waals surface area (Å²) in [5.74, 6) is -0.00633. The molecule has 0 radical (unpaired) electrons. The maximum atomic E-state index is 12.5. The lowest BCUT2D eigenvalue weighted by molar-refractivity contribution is -0.117. The molecule has 0 aliphatic heterocycles. The molecule has 4 nitrogen and oxygen atoms in total. The topological polar surface area (TPSA) is 45.2 Å². The van der Waals surface area contributed by atoms with Gasteiger partial charge in [0.25, 0.3) is 0 Å². The van der Waals surface area contributed by atoms with Crippen molar-refractivity contribution in [1.29, 1.82) is 0 Å². The molecule has 3 aromatic rings. The number of benzene rings is 2. The second-order valence-electron chi connectivity index (χ2n) is 7.69. The average molecular weight is 408 g/mol. The van der Waals surface area contributed by atoms with Crippen molar-refractivity contribution in [3.63, 3.8) is 0 Å². The zero-order chi connectivity index (χ0) is 21.0. The number of amides is 1. The van der Waals surface area contributed by atoms with Gasteiger partial charge in [0, 0.05) is 23.2 Å². The van der Waals surface area contributed by atoms with Crippen molar-refractivity contribution in [2.75, 3.05) is 18.9 Å². The van der Waals surface area contributed by atoms with Crippen LogP contribution >= 0.6 is 11.3 Å². The van der Waals surface area contributed by atoms with E-state index in [4.69, 9.17) is 4.98 Å². The van der Waals surface area contributed by atoms with Crippen molar-refractivity contribution in [2.24, 2.45) is 0 Å². The predicted molar refractivity (Wildman–Crippen MR) is 123 cm³/mol. The molecule has 2 aromatic carbocycles. The van der Waals surface area contributed by atoms with Crippen molar-refractivity contribution < 1.29 is 4.79 Å². The van der Waals surface area contributed by atoms with Gasteiger partial charge in [0.15, 0.2) is 0 Å². The first-order valence-electron chi connectivity index (χ1n) is 9.95. The number of aryl methyl sites for hydroxylation is 4. The number of nitrogens with one attached hydrogen (secondary N) is 1. The Labute approximate surface area is 177 Å². The first-order chi connectivity index (χ1) is 13.9. The molecular weight excluding hydrogens is 378 g/mol. The summed E-state index contributed by atoms with van der Waals surface area (Å²) in [7, 11) is 1.95. The molecule has 1 aromatic heterocycles. The van der Waals surface area contributed by atoms with E-state index in [0.29, 0.717) is 13.1 Å². The molecule has 3 rings (SSSR count). The summed E-state index contributed by atoms with van der Waals surface area (Å²) in [5, 5.41) is 6.16. The largest absolute Gasteiger partial charge is 0.324 e. The fourth-order valence-corrected chi connectivity index (χ4v) is 4.35. The minimum Gasteiger partial charge on any atom is -0.324 e. The maximum absolute atomic E-state index is 12.5. The van der Waals surface area contributed by atoms with Crippen LogP contribution < -0.4 is 5.32 Å². The van der Waals surface area contributed by atoms with Crippen molar-refractivity contribution in [1.82, 2.24) is 9.88 Å². The van der Waals surface area contributed by atoms with Crippen molar-refractivity contribution >= 4 is 22.9 Å². The number of likely N-dealkylation sites (N-methyl/N-ethyl adjacent to an activating group) is 1. The Morgan fingerprint density at radius 2 is 1.76 bits per heavy atom. The summed E-state index contributed by atoms with van der Waals surface area (Å²) in [6.07, 6.45) is 1.04. The quantitative estimate of drug-likeness (QED) is 0.573. The Morgan fingerprint density at radius 3 is 2.38 bits per heavy atom. The van der Waals surface area contributed by atoms with Gasteiger partial charge >= 0.3 is 0 Å². The molecule has 0 fully saturated rings. The second kappa shape index (κ2) is 9.33. The van der Waals surface area contributed by atoms with Gasteiger partial charge in [0.2, 0.25) is 5.91 Å². The van der Waals surface area contributed by atoms with E-state index in [-0.39, 0.29) is 5.91 Å². The number of rotatable bonds is 7. The minimum absolute atomic E-state index is 0.00633. The highest BCUT2D eigenvalue weighted by atomic mass is 32.1. The SMILES string of the molecule is CCc1ccc(-c2nc(CN(C)CC(=O)Nc3c(C)cc(C)cc3C)cs2)cc1. The van der Waals surface area contributed by atoms with Crippen LogP contribution in [0.15, 0.2) is 41.8 Å². The monoisotopic (exact) mass is 407 g/mol. The molecule has 1 N–H and O–H groups in total. The van der Waals surface area contributed by atoms with Crippen molar-refractivity contribution in [3.8, 4) is 10.6 Å². The normalized spacial score (nSPS) is 11.1. The van der Waals surface area contributed by atoms with Gasteiger partial charge in [-0.1, -0.05) is 48.9 Å². The first-order valence-corrected chi connectivity index (χ1v) is 10.8. The highest BCUT2D eigenvalue weighted by Gasteiger charge is 2.13. The van der Waals surface area contributed by atoms with E-state index in [2.05, 4.69) is 60.9 Å². The Balaban J connectivity index is 1.59. The molecule has 0 aliphatic rings. The van der Waals surface area contributed by atoms with Gasteiger partial charge < -0.3 is 5.32 Å². The van der Waals surface area contributed by atoms with Crippen LogP contribution in [0.5, 0.6) is 0 Å². The van der Waals surface area contributed by atoms with Crippen molar-refractivity contribution in [2.45, 2.75) is 40.7 Å². The molecule has 0 saturated heterocycles. The summed E-state index contributed by atoms with van der Waals surface area (Å²) in [4.78, 5) is 19.3. The first kappa shape index (κ1) is 21.2. The molecule has 0 bridgehead atoms. The summed E-state index contributed by atoms with van der Waals surface area (Å²) in [6.45, 7) is 9.25. The molecular formula is C24H29N3OS. The molecule has 1 amide bonds. The zero-order valence-corrected chi connectivity index (χ0v) is 18.7. The zero-order valence-electron chi connectivity index (χ0n) is 17.9. The molecule has 0 unspecified atom stereocenters. The minimum atomic E-state index is -0.00633. The Kier molecular flexibility index (Phi) is 6.83. The smallest absolute Gasteiger partial charge is 0.238 e. The molecule has 152 valence electrons. The van der Waals surface area contributed by atoms with Gasteiger partial charge in [-0.3, -0.25) is 9.69 Å². The lowest BCUT2D eigenvalue weighted by atomic mass is 10.1. The van der Waals surface area contributed by atoms with Gasteiger partial charge in [0.1, 0.15) is 5.01 Å². The molecule has 5 heteroatoms. The van der Waals surface area contributed by atoms with Crippen LogP contribution in [0.2, 0.25) is 0 Å². The second-order valence-corrected chi connectivity index (χ2v) is 8.55. The number of thiazole rings is 1. The van der Waals surface area contributed by atoms with Gasteiger partial charge in [-0.15, -0.1) is 11.3 Å². The lowest BCUT2D eigenvalue weighted by Gasteiger charge is -2.17. The summed E-state index contributed by atoms with van der Waals surface area (Å²) in [6, 6.07) is 12.8. The third-order valence-electron chi connectivity index (χ3n) is 4.95. The van der Waals surface area contributed by atoms with E-state index < -0.39 is 0 Å². The lowest BCUT2D eigenvalue weighted by Crippen LogP contribution is -2.30. The average Bonchev–Trinajstić information content (AvgIpc) is 3.13. The van der Waals surface area contributed by atoms with E-state index in [1.54, 1.807) is 11.3 Å². The van der Waals surface area contributed by atoms with Gasteiger partial charge in [-0.05, 0) is 50.9 Å². The highest BCUT2D eigenvalue weighted by molar-refractivity contribution is 7.13. The third kappa shape index (κ3) is 5.52. The molecule has 0 saturated carbocycles. The van der Waals surface area contributed by atoms with Crippen LogP contribution in [0.1, 0.15) is 34.9 Å². The molecule has 0 spiro atoms. The van der Waals surface area contributed by atoms with E-state index in [0.717, 1.165) is 39.5 Å². The van der Waals surface area contributed by atoms with Gasteiger partial charge in [-0.2, -0.15) is 0 Å². The van der Waals surface area contributed by atoms with Crippen LogP contribution in [0.25, 0.3) is 10.6 Å². The summed E-state index contributed by atoms with van der Waals surface area (Å²) >= 11 is 1.65. The van der Waals surface area contributed by atoms with Crippen LogP contribution in [-0.2, 0) is 17.8 Å². The predicted octanol–water partition coefficient (Wildman–Crippen LogP) is 5.37. The Hall–Kier alpha value is -2.50. The van der Waals surface area contributed by atoms with E-state index in [1.807, 2.05) is 25.8 Å². The molecule has 1 heterocycles. The molecule has 0 aliphatic carbocycles. The van der Waals surface area contributed by atoms with Crippen LogP contribution in [0.4, 0.5) is 5.69 Å². The standard InChI is InChI=1S/C24H29N3OS/c1-6-19-7-9-20(10-8-19)24-25-21(15-29-24)13-27(5)14-22(28)26-23-17(3)11-16(2)12-18(23)4/h7-12,15H,6,13-14H2,1-5H3,(H,26,28). The highest BCUT2D eigenvalue weighted by Crippen LogP contribution is 2.25. The third-order valence-corrected chi connectivity index (χ3v) is 5.89. The van der Waals surface area contributed by atoms with E-state index in [1.165, 1.54) is 11.1 Å². The summed E-state index contributed by atoms with van der Waals surface area (Å²) in [5.41, 5.74) is 7.77. The van der Waals surface area contributed by atoms with E-state index >= 15 is 0 Å². The number of hydrogen-bond acceptors (Lipinski definition) is 4. The van der Waals surface area contributed by atoms with E-state index in [9.17, 15) is 4.79 Å². The number of anilines is 1. The van der Waals surface area contributed by atoms with Crippen molar-refractivity contribution in [3.05, 3.63) is 69.7 Å². The van der Waals surface area contributed by atoms with Crippen LogP contribution in [0, 0.1) is 20.8 Å². The fourth-order valence-electron chi connectivity index (χ4n) is 3.53.